The Hall–Kier alpha value is -2.88. The summed E-state index contributed by atoms with van der Waals surface area (Å²) in [6.07, 6.45) is 0.827. The van der Waals surface area contributed by atoms with Gasteiger partial charge in [-0.05, 0) is 35.1 Å². The van der Waals surface area contributed by atoms with Gasteiger partial charge in [0.2, 0.25) is 0 Å². The minimum absolute atomic E-state index is 0.202. The number of benzene rings is 2. The third kappa shape index (κ3) is 2.42. The van der Waals surface area contributed by atoms with Gasteiger partial charge in [0.1, 0.15) is 5.56 Å². The summed E-state index contributed by atoms with van der Waals surface area (Å²) in [5, 5.41) is 0.868. The molecule has 0 radical (unpaired) electrons. The Balaban J connectivity index is 1.70. The van der Waals surface area contributed by atoms with Crippen molar-refractivity contribution >= 4 is 16.8 Å². The van der Waals surface area contributed by atoms with Gasteiger partial charge in [0.05, 0.1) is 0 Å². The monoisotopic (exact) mass is 304 g/mol. The molecule has 0 fully saturated rings. The maximum absolute atomic E-state index is 12.8. The molecule has 0 spiro atoms. The number of carbonyl (C=O) groups excluding carboxylic acids is 1. The highest BCUT2D eigenvalue weighted by Gasteiger charge is 2.23. The van der Waals surface area contributed by atoms with Crippen molar-refractivity contribution in [2.75, 3.05) is 6.54 Å². The second kappa shape index (κ2) is 5.39. The molecule has 0 saturated heterocycles. The number of rotatable bonds is 1. The van der Waals surface area contributed by atoms with E-state index in [-0.39, 0.29) is 17.0 Å². The lowest BCUT2D eigenvalue weighted by molar-refractivity contribution is 0.0733. The average molecular weight is 304 g/mol. The van der Waals surface area contributed by atoms with E-state index in [2.05, 4.69) is 11.1 Å². The van der Waals surface area contributed by atoms with Gasteiger partial charge in [-0.2, -0.15) is 0 Å². The number of hydrogen-bond acceptors (Lipinski definition) is 2. The van der Waals surface area contributed by atoms with Crippen LogP contribution in [0.2, 0.25) is 0 Å². The van der Waals surface area contributed by atoms with Crippen molar-refractivity contribution in [3.05, 3.63) is 81.6 Å². The maximum atomic E-state index is 12.8. The van der Waals surface area contributed by atoms with Gasteiger partial charge in [-0.1, -0.05) is 42.5 Å². The second-order valence-corrected chi connectivity index (χ2v) is 5.84. The van der Waals surface area contributed by atoms with Crippen LogP contribution in [-0.4, -0.2) is 22.3 Å². The molecule has 3 aromatic rings. The van der Waals surface area contributed by atoms with Gasteiger partial charge in [-0.15, -0.1) is 0 Å². The fourth-order valence-electron chi connectivity index (χ4n) is 3.15. The minimum atomic E-state index is -0.326. The first-order valence-corrected chi connectivity index (χ1v) is 7.70. The molecule has 1 amide bonds. The average Bonchev–Trinajstić information content (AvgIpc) is 2.60. The zero-order valence-electron chi connectivity index (χ0n) is 12.6. The Morgan fingerprint density at radius 1 is 1.00 bits per heavy atom. The Morgan fingerprint density at radius 2 is 1.74 bits per heavy atom. The van der Waals surface area contributed by atoms with Gasteiger partial charge in [0, 0.05) is 18.6 Å². The van der Waals surface area contributed by atoms with Crippen molar-refractivity contribution < 1.29 is 4.79 Å². The standard InChI is InChI=1S/C19H16N2O2/c22-18-16(11-14-6-3-4-8-17(14)20-18)19(23)21-10-9-13-5-1-2-7-15(13)12-21/h1-8,11H,9-10,12H2,(H,20,22). The zero-order valence-corrected chi connectivity index (χ0v) is 12.6. The summed E-state index contributed by atoms with van der Waals surface area (Å²) in [6, 6.07) is 17.3. The summed E-state index contributed by atoms with van der Waals surface area (Å²) in [7, 11) is 0. The third-order valence-electron chi connectivity index (χ3n) is 4.40. The highest BCUT2D eigenvalue weighted by molar-refractivity contribution is 5.97. The smallest absolute Gasteiger partial charge is 0.261 e. The van der Waals surface area contributed by atoms with Crippen LogP contribution in [0.3, 0.4) is 0 Å². The van der Waals surface area contributed by atoms with E-state index in [1.54, 1.807) is 11.0 Å². The molecule has 1 aromatic heterocycles. The summed E-state index contributed by atoms with van der Waals surface area (Å²) in [5.41, 5.74) is 3.07. The van der Waals surface area contributed by atoms with E-state index in [1.807, 2.05) is 42.5 Å². The van der Waals surface area contributed by atoms with E-state index in [1.165, 1.54) is 5.56 Å². The Morgan fingerprint density at radius 3 is 2.61 bits per heavy atom. The van der Waals surface area contributed by atoms with Crippen LogP contribution in [0.4, 0.5) is 0 Å². The number of aromatic nitrogens is 1. The SMILES string of the molecule is O=C(c1cc2ccccc2[nH]c1=O)N1CCc2ccccc2C1. The van der Waals surface area contributed by atoms with E-state index >= 15 is 0 Å². The van der Waals surface area contributed by atoms with Crippen LogP contribution in [0, 0.1) is 0 Å². The molecule has 23 heavy (non-hydrogen) atoms. The van der Waals surface area contributed by atoms with Crippen molar-refractivity contribution in [1.82, 2.24) is 9.88 Å². The Bertz CT molecular complexity index is 959. The fourth-order valence-corrected chi connectivity index (χ4v) is 3.15. The normalized spacial score (nSPS) is 13.8. The first-order chi connectivity index (χ1) is 11.2. The zero-order chi connectivity index (χ0) is 15.8. The highest BCUT2D eigenvalue weighted by Crippen LogP contribution is 2.20. The predicted molar refractivity (Wildman–Crippen MR) is 89.5 cm³/mol. The van der Waals surface area contributed by atoms with Crippen molar-refractivity contribution in [1.29, 1.82) is 0 Å². The number of para-hydroxylation sites is 1. The van der Waals surface area contributed by atoms with E-state index in [9.17, 15) is 9.59 Å². The molecule has 114 valence electrons. The minimum Gasteiger partial charge on any atom is -0.334 e. The van der Waals surface area contributed by atoms with Gasteiger partial charge in [0.25, 0.3) is 11.5 Å². The topological polar surface area (TPSA) is 53.2 Å². The summed E-state index contributed by atoms with van der Waals surface area (Å²) in [5.74, 6) is -0.202. The molecule has 4 nitrogen and oxygen atoms in total. The number of H-pyrrole nitrogens is 1. The Labute approximate surface area is 133 Å². The number of nitrogens with zero attached hydrogens (tertiary/aromatic N) is 1. The van der Waals surface area contributed by atoms with E-state index in [4.69, 9.17) is 0 Å². The number of pyridine rings is 1. The number of fused-ring (bicyclic) bond motifs is 2. The van der Waals surface area contributed by atoms with Crippen LogP contribution in [0.5, 0.6) is 0 Å². The van der Waals surface area contributed by atoms with Crippen LogP contribution in [0.15, 0.2) is 59.4 Å². The van der Waals surface area contributed by atoms with Crippen molar-refractivity contribution in [3.8, 4) is 0 Å². The number of amides is 1. The van der Waals surface area contributed by atoms with Crippen LogP contribution in [-0.2, 0) is 13.0 Å². The van der Waals surface area contributed by atoms with Crippen LogP contribution in [0.1, 0.15) is 21.5 Å². The molecule has 0 atom stereocenters. The van der Waals surface area contributed by atoms with E-state index in [0.29, 0.717) is 13.1 Å². The first kappa shape index (κ1) is 13.8. The summed E-state index contributed by atoms with van der Waals surface area (Å²) < 4.78 is 0. The van der Waals surface area contributed by atoms with Gasteiger partial charge in [-0.25, -0.2) is 0 Å². The molecule has 1 N–H and O–H groups in total. The molecule has 4 heteroatoms. The van der Waals surface area contributed by atoms with E-state index < -0.39 is 0 Å². The largest absolute Gasteiger partial charge is 0.334 e. The van der Waals surface area contributed by atoms with E-state index in [0.717, 1.165) is 22.9 Å². The lowest BCUT2D eigenvalue weighted by Crippen LogP contribution is -2.38. The van der Waals surface area contributed by atoms with Crippen molar-refractivity contribution in [2.24, 2.45) is 0 Å². The number of nitrogens with one attached hydrogen (secondary N) is 1. The fraction of sp³-hybridized carbons (Fsp3) is 0.158. The summed E-state index contributed by atoms with van der Waals surface area (Å²) in [4.78, 5) is 29.6. The lowest BCUT2D eigenvalue weighted by atomic mass is 9.99. The molecule has 2 heterocycles. The predicted octanol–water partition coefficient (Wildman–Crippen LogP) is 2.73. The van der Waals surface area contributed by atoms with Gasteiger partial charge < -0.3 is 9.88 Å². The highest BCUT2D eigenvalue weighted by atomic mass is 16.2. The molecule has 0 saturated carbocycles. The quantitative estimate of drug-likeness (QED) is 0.751. The van der Waals surface area contributed by atoms with Gasteiger partial charge >= 0.3 is 0 Å². The van der Waals surface area contributed by atoms with Crippen LogP contribution in [0.25, 0.3) is 10.9 Å². The second-order valence-electron chi connectivity index (χ2n) is 5.84. The Kier molecular flexibility index (Phi) is 3.23. The number of hydrogen-bond donors (Lipinski definition) is 1. The molecule has 0 unspecified atom stereocenters. The molecule has 0 bridgehead atoms. The first-order valence-electron chi connectivity index (χ1n) is 7.70. The van der Waals surface area contributed by atoms with Crippen LogP contribution < -0.4 is 5.56 Å². The molecule has 4 rings (SSSR count). The third-order valence-corrected chi connectivity index (χ3v) is 4.40. The lowest BCUT2D eigenvalue weighted by Gasteiger charge is -2.28. The molecule has 0 aliphatic carbocycles. The molecule has 2 aromatic carbocycles. The molecule has 1 aliphatic heterocycles. The van der Waals surface area contributed by atoms with Crippen molar-refractivity contribution in [2.45, 2.75) is 13.0 Å². The maximum Gasteiger partial charge on any atom is 0.261 e. The van der Waals surface area contributed by atoms with Gasteiger partial charge in [-0.3, -0.25) is 9.59 Å². The van der Waals surface area contributed by atoms with Gasteiger partial charge in [0.15, 0.2) is 0 Å². The molecule has 1 aliphatic rings. The summed E-state index contributed by atoms with van der Waals surface area (Å²) >= 11 is 0. The van der Waals surface area contributed by atoms with Crippen molar-refractivity contribution in [3.63, 3.8) is 0 Å². The number of carbonyl (C=O) groups is 1. The number of aromatic amines is 1. The summed E-state index contributed by atoms with van der Waals surface area (Å²) in [6.45, 7) is 1.20. The van der Waals surface area contributed by atoms with Crippen LogP contribution >= 0.6 is 0 Å². The molecular weight excluding hydrogens is 288 g/mol. The molecular formula is C19H16N2O2.